The maximum absolute atomic E-state index is 14.0. The van der Waals surface area contributed by atoms with Crippen LogP contribution in [0.4, 0.5) is 0 Å². The summed E-state index contributed by atoms with van der Waals surface area (Å²) < 4.78 is 16.4. The van der Waals surface area contributed by atoms with Crippen LogP contribution in [0.5, 0.6) is 17.2 Å². The minimum Gasteiger partial charge on any atom is -0.508 e. The summed E-state index contributed by atoms with van der Waals surface area (Å²) in [5.74, 6) is 0.595. The van der Waals surface area contributed by atoms with Gasteiger partial charge in [-0.3, -0.25) is 9.59 Å². The summed E-state index contributed by atoms with van der Waals surface area (Å²) in [5.41, 5.74) is 0.0108. The number of rotatable bonds is 16. The number of aromatic nitrogens is 2. The highest BCUT2D eigenvalue weighted by Gasteiger charge is 2.57. The number of fused-ring (bicyclic) bond motifs is 4. The van der Waals surface area contributed by atoms with Gasteiger partial charge in [-0.15, -0.1) is 0 Å². The molecule has 380 valence electrons. The van der Waals surface area contributed by atoms with Crippen molar-refractivity contribution in [2.45, 2.75) is 133 Å². The van der Waals surface area contributed by atoms with E-state index < -0.39 is 55.3 Å². The van der Waals surface area contributed by atoms with E-state index in [1.54, 1.807) is 13.0 Å². The Morgan fingerprint density at radius 2 is 1.76 bits per heavy atom. The lowest BCUT2D eigenvalue weighted by Gasteiger charge is -2.53. The van der Waals surface area contributed by atoms with E-state index in [0.717, 1.165) is 48.7 Å². The second kappa shape index (κ2) is 19.8. The number of phenols is 2. The SMILES string of the molecule is CCc1c2cc[nH]c2cn1-c1c2c(cc3c(=O)cc(C)oc13)CC(OOCC(O)(Cc1ccc(O)c3ccc(O)cc13)C(O)C(O)C(O)CO)C1(CC(C3CNC(=O)C3)CCC1CNC1CCCCC1)O2. The summed E-state index contributed by atoms with van der Waals surface area (Å²) in [6, 6.07) is 12.8. The molecule has 10 N–H and O–H groups in total. The zero-order valence-corrected chi connectivity index (χ0v) is 40.2. The highest BCUT2D eigenvalue weighted by atomic mass is 17.2. The number of aromatic hydroxyl groups is 2. The van der Waals surface area contributed by atoms with Gasteiger partial charge < -0.3 is 65.1 Å². The lowest BCUT2D eigenvalue weighted by atomic mass is 9.63. The molecule has 6 aromatic rings. The molecule has 17 nitrogen and oxygen atoms in total. The maximum Gasteiger partial charge on any atom is 0.220 e. The number of amides is 1. The number of aliphatic hydroxyl groups excluding tert-OH is 4. The van der Waals surface area contributed by atoms with E-state index in [4.69, 9.17) is 18.9 Å². The Morgan fingerprint density at radius 3 is 2.52 bits per heavy atom. The van der Waals surface area contributed by atoms with E-state index in [-0.39, 0.29) is 47.0 Å². The average Bonchev–Trinajstić information content (AvgIpc) is 4.10. The van der Waals surface area contributed by atoms with Gasteiger partial charge in [-0.2, -0.15) is 0 Å². The molecular weight excluding hydrogens is 913 g/mol. The third-order valence-electron chi connectivity index (χ3n) is 16.2. The molecule has 3 fully saturated rings. The van der Waals surface area contributed by atoms with Gasteiger partial charge in [0.1, 0.15) is 65.2 Å². The van der Waals surface area contributed by atoms with Crippen LogP contribution in [0.1, 0.15) is 87.3 Å². The van der Waals surface area contributed by atoms with E-state index in [2.05, 4.69) is 27.1 Å². The molecule has 2 aliphatic heterocycles. The number of nitrogens with zero attached hydrogens (tertiary/aromatic N) is 1. The van der Waals surface area contributed by atoms with Crippen molar-refractivity contribution in [3.8, 4) is 22.9 Å². The van der Waals surface area contributed by atoms with Crippen molar-refractivity contribution in [1.29, 1.82) is 0 Å². The normalized spacial score (nSPS) is 25.0. The number of hydrogen-bond acceptors (Lipinski definition) is 14. The standard InChI is InChI=1S/C54H66N4O13/c1-3-42-38-15-16-55-41(38)26-58(42)48-50-32(18-40-44(62)17-29(2)69-51(40)48)19-46(54(70-50)23-30(33-20-47(64)57-24-33)9-11-34(54)25-56-35-7-5-4-6-8-35)71-68-28-53(67,52(66)49(65)45(63)27-59)22-31-10-14-43(61)37-13-12-36(60)21-39(31)37/h10,12-18,21,26,30,33-35,45-46,49,52,55-56,59-61,63,65-67H,3-9,11,19-20,22-25,27-28H2,1-2H3,(H,57,64). The number of benzene rings is 3. The van der Waals surface area contributed by atoms with Crippen molar-refractivity contribution in [3.63, 3.8) is 0 Å². The van der Waals surface area contributed by atoms with E-state index in [0.29, 0.717) is 94.9 Å². The number of nitrogens with one attached hydrogen (secondary N) is 3. The summed E-state index contributed by atoms with van der Waals surface area (Å²) in [6.07, 6.45) is 5.26. The average molecular weight is 979 g/mol. The Kier molecular flexibility index (Phi) is 13.7. The number of carbonyl (C=O) groups excluding carboxylic acids is 1. The molecule has 0 radical (unpaired) electrons. The van der Waals surface area contributed by atoms with E-state index >= 15 is 0 Å². The van der Waals surface area contributed by atoms with Gasteiger partial charge in [0, 0.05) is 84.8 Å². The Morgan fingerprint density at radius 1 is 0.944 bits per heavy atom. The largest absolute Gasteiger partial charge is 0.508 e. The smallest absolute Gasteiger partial charge is 0.220 e. The zero-order valence-electron chi connectivity index (χ0n) is 40.2. The molecule has 9 atom stereocenters. The summed E-state index contributed by atoms with van der Waals surface area (Å²) >= 11 is 0. The third kappa shape index (κ3) is 9.20. The fourth-order valence-corrected chi connectivity index (χ4v) is 12.4. The summed E-state index contributed by atoms with van der Waals surface area (Å²) in [6.45, 7) is 3.23. The fraction of sp³-hybridized carbons (Fsp3) is 0.519. The second-order valence-electron chi connectivity index (χ2n) is 20.7. The highest BCUT2D eigenvalue weighted by Crippen LogP contribution is 2.53. The van der Waals surface area contributed by atoms with Crippen molar-refractivity contribution in [3.05, 3.63) is 93.7 Å². The monoisotopic (exact) mass is 978 g/mol. The first-order valence-electron chi connectivity index (χ1n) is 25.3. The molecule has 17 heteroatoms. The van der Waals surface area contributed by atoms with Gasteiger partial charge in [0.25, 0.3) is 0 Å². The number of aliphatic hydroxyl groups is 5. The number of aryl methyl sites for hydroxylation is 2. The van der Waals surface area contributed by atoms with Gasteiger partial charge in [0.05, 0.1) is 17.5 Å². The zero-order chi connectivity index (χ0) is 49.8. The first-order chi connectivity index (χ1) is 34.2. The van der Waals surface area contributed by atoms with Crippen LogP contribution in [0.15, 0.2) is 70.1 Å². The molecule has 9 unspecified atom stereocenters. The lowest BCUT2D eigenvalue weighted by molar-refractivity contribution is -0.378. The third-order valence-corrected chi connectivity index (χ3v) is 16.2. The second-order valence-corrected chi connectivity index (χ2v) is 20.7. The summed E-state index contributed by atoms with van der Waals surface area (Å²) in [5, 5.41) is 86.0. The van der Waals surface area contributed by atoms with Crippen LogP contribution in [0.25, 0.3) is 38.3 Å². The molecule has 71 heavy (non-hydrogen) atoms. The van der Waals surface area contributed by atoms with Crippen molar-refractivity contribution in [1.82, 2.24) is 20.2 Å². The molecule has 10 rings (SSSR count). The fourth-order valence-electron chi connectivity index (χ4n) is 12.4. The van der Waals surface area contributed by atoms with Crippen molar-refractivity contribution >= 4 is 38.6 Å². The molecule has 2 saturated carbocycles. The minimum atomic E-state index is -2.42. The first kappa shape index (κ1) is 49.1. The first-order valence-corrected chi connectivity index (χ1v) is 25.3. The van der Waals surface area contributed by atoms with Crippen LogP contribution < -0.4 is 20.8 Å². The topological polar surface area (TPSA) is 261 Å². The molecule has 5 heterocycles. The molecule has 3 aromatic carbocycles. The van der Waals surface area contributed by atoms with Crippen LogP contribution >= 0.6 is 0 Å². The van der Waals surface area contributed by atoms with Gasteiger partial charge >= 0.3 is 0 Å². The molecule has 4 aliphatic rings. The van der Waals surface area contributed by atoms with Gasteiger partial charge in [-0.1, -0.05) is 32.3 Å². The number of H-pyrrole nitrogens is 1. The van der Waals surface area contributed by atoms with Crippen LogP contribution in [0.2, 0.25) is 0 Å². The Labute approximate surface area is 410 Å². The molecule has 1 spiro atoms. The Balaban J connectivity index is 1.10. The Hall–Kier alpha value is -5.50. The minimum absolute atomic E-state index is 0.00582. The predicted octanol–water partition coefficient (Wildman–Crippen LogP) is 5.01. The number of aromatic amines is 1. The number of ether oxygens (including phenoxy) is 1. The molecule has 2 aliphatic carbocycles. The highest BCUT2D eigenvalue weighted by molar-refractivity contribution is 5.93. The van der Waals surface area contributed by atoms with Gasteiger partial charge in [-0.25, -0.2) is 9.78 Å². The summed E-state index contributed by atoms with van der Waals surface area (Å²) in [7, 11) is 0. The van der Waals surface area contributed by atoms with Crippen LogP contribution in [-0.4, -0.2) is 119 Å². The number of carbonyl (C=O) groups is 1. The molecule has 1 amide bonds. The number of phenolic OH excluding ortho intramolecular Hbond substituents is 2. The number of hydrogen-bond donors (Lipinski definition) is 10. The molecule has 0 bridgehead atoms. The molecule has 3 aromatic heterocycles. The van der Waals surface area contributed by atoms with Gasteiger partial charge in [-0.05, 0) is 105 Å². The van der Waals surface area contributed by atoms with Gasteiger partial charge in [0.2, 0.25) is 5.91 Å². The molecular formula is C54H66N4O13. The van der Waals surface area contributed by atoms with Crippen molar-refractivity contribution in [2.24, 2.45) is 17.8 Å². The van der Waals surface area contributed by atoms with E-state index in [1.807, 2.05) is 18.5 Å². The predicted molar refractivity (Wildman–Crippen MR) is 264 cm³/mol. The van der Waals surface area contributed by atoms with Crippen LogP contribution in [0, 0.1) is 24.7 Å². The Bertz CT molecular complexity index is 2980. The van der Waals surface area contributed by atoms with Crippen molar-refractivity contribution < 1.29 is 59.5 Å². The quantitative estimate of drug-likeness (QED) is 0.0452. The molecule has 1 saturated heterocycles. The van der Waals surface area contributed by atoms with Crippen LogP contribution in [-0.2, 0) is 33.8 Å². The maximum atomic E-state index is 14.0. The summed E-state index contributed by atoms with van der Waals surface area (Å²) in [4.78, 5) is 43.0. The lowest BCUT2D eigenvalue weighted by Crippen LogP contribution is -2.63. The van der Waals surface area contributed by atoms with E-state index in [1.165, 1.54) is 42.8 Å². The van der Waals surface area contributed by atoms with Crippen molar-refractivity contribution in [2.75, 3.05) is 26.3 Å². The van der Waals surface area contributed by atoms with Crippen LogP contribution in [0.3, 0.4) is 0 Å². The van der Waals surface area contributed by atoms with E-state index in [9.17, 15) is 45.3 Å². The van der Waals surface area contributed by atoms with Gasteiger partial charge in [0.15, 0.2) is 16.8 Å².